The predicted octanol–water partition coefficient (Wildman–Crippen LogP) is 2.15. The molecule has 20 heavy (non-hydrogen) atoms. The minimum Gasteiger partial charge on any atom is -0.496 e. The van der Waals surface area contributed by atoms with E-state index in [1.165, 1.54) is 26.5 Å². The molecule has 0 spiro atoms. The van der Waals surface area contributed by atoms with Crippen LogP contribution in [0.15, 0.2) is 36.1 Å². The number of aliphatic hydroxyl groups is 1. The number of benzene rings is 1. The summed E-state index contributed by atoms with van der Waals surface area (Å²) in [5.74, 6) is -0.917. The molecule has 0 amide bonds. The van der Waals surface area contributed by atoms with Gasteiger partial charge < -0.3 is 19.3 Å². The van der Waals surface area contributed by atoms with E-state index < -0.39 is 5.79 Å². The highest BCUT2D eigenvalue weighted by molar-refractivity contribution is 5.81. The van der Waals surface area contributed by atoms with E-state index in [2.05, 4.69) is 0 Å². The largest absolute Gasteiger partial charge is 0.496 e. The molecule has 5 nitrogen and oxygen atoms in total. The second-order valence-electron chi connectivity index (χ2n) is 4.35. The minimum atomic E-state index is -1.66. The van der Waals surface area contributed by atoms with E-state index in [-0.39, 0.29) is 0 Å². The van der Waals surface area contributed by atoms with Gasteiger partial charge in [0.05, 0.1) is 31.6 Å². The van der Waals surface area contributed by atoms with E-state index in [0.29, 0.717) is 34.5 Å². The number of rotatable bonds is 4. The van der Waals surface area contributed by atoms with Gasteiger partial charge in [0.25, 0.3) is 5.79 Å². The average molecular weight is 276 g/mol. The standard InChI is InChI=1S/C15H16O5/c1-10-5-4-6-20-15(10,17)12-7-11(9-16)13(18-2)8-14(12)19-3/h4-9,17H,1-3H3. The molecule has 1 atom stereocenters. The van der Waals surface area contributed by atoms with Crippen molar-refractivity contribution in [3.63, 3.8) is 0 Å². The highest BCUT2D eigenvalue weighted by atomic mass is 16.6. The predicted molar refractivity (Wildman–Crippen MR) is 72.8 cm³/mol. The monoisotopic (exact) mass is 276 g/mol. The lowest BCUT2D eigenvalue weighted by Gasteiger charge is -2.32. The van der Waals surface area contributed by atoms with Crippen molar-refractivity contribution in [2.45, 2.75) is 12.7 Å². The molecule has 106 valence electrons. The van der Waals surface area contributed by atoms with Crippen molar-refractivity contribution in [3.8, 4) is 11.5 Å². The molecule has 1 N–H and O–H groups in total. The summed E-state index contributed by atoms with van der Waals surface area (Å²) in [5.41, 5.74) is 1.24. The Morgan fingerprint density at radius 2 is 1.95 bits per heavy atom. The maximum absolute atomic E-state index is 11.1. The lowest BCUT2D eigenvalue weighted by molar-refractivity contribution is -0.146. The van der Waals surface area contributed by atoms with Crippen molar-refractivity contribution in [1.82, 2.24) is 0 Å². The fraction of sp³-hybridized carbons (Fsp3) is 0.267. The lowest BCUT2D eigenvalue weighted by atomic mass is 9.94. The SMILES string of the molecule is COc1cc(OC)c(C2(O)OC=CC=C2C)cc1C=O. The molecular formula is C15H16O5. The summed E-state index contributed by atoms with van der Waals surface area (Å²) in [7, 11) is 2.93. The van der Waals surface area contributed by atoms with E-state index in [1.807, 2.05) is 0 Å². The van der Waals surface area contributed by atoms with Crippen LogP contribution in [0.2, 0.25) is 0 Å². The maximum atomic E-state index is 11.1. The molecule has 0 aromatic heterocycles. The summed E-state index contributed by atoms with van der Waals surface area (Å²) in [6.07, 6.45) is 5.45. The quantitative estimate of drug-likeness (QED) is 0.854. The maximum Gasteiger partial charge on any atom is 0.260 e. The Labute approximate surface area is 117 Å². The van der Waals surface area contributed by atoms with Crippen LogP contribution in [0, 0.1) is 0 Å². The van der Waals surface area contributed by atoms with E-state index >= 15 is 0 Å². The number of aldehydes is 1. The molecule has 1 aliphatic rings. The first kappa shape index (κ1) is 14.1. The van der Waals surface area contributed by atoms with E-state index in [4.69, 9.17) is 14.2 Å². The zero-order valence-electron chi connectivity index (χ0n) is 11.5. The topological polar surface area (TPSA) is 65.0 Å². The molecule has 1 aromatic carbocycles. The fourth-order valence-corrected chi connectivity index (χ4v) is 2.08. The number of ether oxygens (including phenoxy) is 3. The average Bonchev–Trinajstić information content (AvgIpc) is 2.48. The van der Waals surface area contributed by atoms with Crippen molar-refractivity contribution in [2.75, 3.05) is 14.2 Å². The van der Waals surface area contributed by atoms with Gasteiger partial charge in [-0.05, 0) is 19.1 Å². The Bertz CT molecular complexity index is 588. The van der Waals surface area contributed by atoms with Gasteiger partial charge in [0.2, 0.25) is 0 Å². The molecule has 0 aliphatic carbocycles. The Hall–Kier alpha value is -2.27. The highest BCUT2D eigenvalue weighted by Gasteiger charge is 2.37. The molecule has 0 radical (unpaired) electrons. The Kier molecular flexibility index (Phi) is 3.81. The lowest BCUT2D eigenvalue weighted by Crippen LogP contribution is -2.31. The molecule has 0 saturated heterocycles. The number of carbonyl (C=O) groups is 1. The number of allylic oxidation sites excluding steroid dienone is 2. The van der Waals surface area contributed by atoms with Crippen LogP contribution in [-0.4, -0.2) is 25.6 Å². The van der Waals surface area contributed by atoms with Crippen molar-refractivity contribution < 1.29 is 24.1 Å². The van der Waals surface area contributed by atoms with Crippen LogP contribution in [0.4, 0.5) is 0 Å². The van der Waals surface area contributed by atoms with Gasteiger partial charge in [0.1, 0.15) is 11.5 Å². The molecule has 0 fully saturated rings. The van der Waals surface area contributed by atoms with Crippen LogP contribution in [0.3, 0.4) is 0 Å². The third-order valence-electron chi connectivity index (χ3n) is 3.24. The highest BCUT2D eigenvalue weighted by Crippen LogP contribution is 2.41. The summed E-state index contributed by atoms with van der Waals surface area (Å²) in [6.45, 7) is 1.73. The van der Waals surface area contributed by atoms with Crippen molar-refractivity contribution >= 4 is 6.29 Å². The Balaban J connectivity index is 2.64. The zero-order valence-corrected chi connectivity index (χ0v) is 11.5. The zero-order chi connectivity index (χ0) is 14.8. The number of methoxy groups -OCH3 is 2. The second kappa shape index (κ2) is 5.38. The summed E-state index contributed by atoms with van der Waals surface area (Å²) in [5, 5.41) is 10.7. The van der Waals surface area contributed by atoms with Gasteiger partial charge in [0, 0.05) is 11.6 Å². The summed E-state index contributed by atoms with van der Waals surface area (Å²) >= 11 is 0. The van der Waals surface area contributed by atoms with E-state index in [1.54, 1.807) is 25.1 Å². The van der Waals surface area contributed by atoms with Crippen LogP contribution < -0.4 is 9.47 Å². The smallest absolute Gasteiger partial charge is 0.260 e. The van der Waals surface area contributed by atoms with Crippen LogP contribution in [0.5, 0.6) is 11.5 Å². The van der Waals surface area contributed by atoms with E-state index in [0.717, 1.165) is 0 Å². The van der Waals surface area contributed by atoms with Gasteiger partial charge in [0.15, 0.2) is 6.29 Å². The fourth-order valence-electron chi connectivity index (χ4n) is 2.08. The first-order valence-corrected chi connectivity index (χ1v) is 6.02. The van der Waals surface area contributed by atoms with Crippen LogP contribution >= 0.6 is 0 Å². The Morgan fingerprint density at radius 1 is 1.25 bits per heavy atom. The molecule has 0 bridgehead atoms. The first-order chi connectivity index (χ1) is 9.56. The Morgan fingerprint density at radius 3 is 2.50 bits per heavy atom. The molecule has 1 aliphatic heterocycles. The van der Waals surface area contributed by atoms with Gasteiger partial charge in [-0.25, -0.2) is 0 Å². The molecule has 1 heterocycles. The molecule has 1 aromatic rings. The summed E-state index contributed by atoms with van der Waals surface area (Å²) in [4.78, 5) is 11.1. The van der Waals surface area contributed by atoms with Gasteiger partial charge in [-0.15, -0.1) is 0 Å². The van der Waals surface area contributed by atoms with Crippen molar-refractivity contribution in [2.24, 2.45) is 0 Å². The molecule has 2 rings (SSSR count). The third kappa shape index (κ3) is 2.16. The van der Waals surface area contributed by atoms with Gasteiger partial charge in [-0.3, -0.25) is 4.79 Å². The molecule has 0 saturated carbocycles. The number of hydrogen-bond acceptors (Lipinski definition) is 5. The number of hydrogen-bond donors (Lipinski definition) is 1. The van der Waals surface area contributed by atoms with Crippen LogP contribution in [-0.2, 0) is 10.5 Å². The summed E-state index contributed by atoms with van der Waals surface area (Å²) < 4.78 is 15.7. The molecular weight excluding hydrogens is 260 g/mol. The van der Waals surface area contributed by atoms with Gasteiger partial charge in [-0.1, -0.05) is 6.08 Å². The third-order valence-corrected chi connectivity index (χ3v) is 3.24. The van der Waals surface area contributed by atoms with Gasteiger partial charge in [-0.2, -0.15) is 0 Å². The second-order valence-corrected chi connectivity index (χ2v) is 4.35. The van der Waals surface area contributed by atoms with E-state index in [9.17, 15) is 9.90 Å². The van der Waals surface area contributed by atoms with Gasteiger partial charge >= 0.3 is 0 Å². The molecule has 1 unspecified atom stereocenters. The number of carbonyl (C=O) groups excluding carboxylic acids is 1. The van der Waals surface area contributed by atoms with Crippen molar-refractivity contribution in [1.29, 1.82) is 0 Å². The minimum absolute atomic E-state index is 0.308. The van der Waals surface area contributed by atoms with Crippen molar-refractivity contribution in [3.05, 3.63) is 47.2 Å². The molecule has 5 heteroatoms. The normalized spacial score (nSPS) is 20.9. The van der Waals surface area contributed by atoms with Crippen LogP contribution in [0.25, 0.3) is 0 Å². The first-order valence-electron chi connectivity index (χ1n) is 6.02. The van der Waals surface area contributed by atoms with Crippen LogP contribution in [0.1, 0.15) is 22.8 Å². The summed E-state index contributed by atoms with van der Waals surface area (Å²) in [6, 6.07) is 3.05.